The van der Waals surface area contributed by atoms with Crippen molar-refractivity contribution in [1.82, 2.24) is 0 Å². The van der Waals surface area contributed by atoms with Gasteiger partial charge in [-0.05, 0) is 27.8 Å². The maximum atomic E-state index is 8.06. The van der Waals surface area contributed by atoms with E-state index in [2.05, 4.69) is 42.2 Å². The first-order valence-corrected chi connectivity index (χ1v) is 6.05. The molecule has 1 aliphatic carbocycles. The minimum absolute atomic E-state index is 1.15. The van der Waals surface area contributed by atoms with E-state index in [-0.39, 0.29) is 0 Å². The lowest BCUT2D eigenvalue weighted by Gasteiger charge is -1.97. The molecule has 0 radical (unpaired) electrons. The molecule has 1 aromatic carbocycles. The molecule has 3 rings (SSSR count). The van der Waals surface area contributed by atoms with E-state index in [0.29, 0.717) is 0 Å². The van der Waals surface area contributed by atoms with Gasteiger partial charge in [-0.25, -0.2) is 0 Å². The van der Waals surface area contributed by atoms with E-state index in [9.17, 15) is 0 Å². The van der Waals surface area contributed by atoms with Crippen molar-refractivity contribution in [2.45, 2.75) is 6.42 Å². The van der Waals surface area contributed by atoms with Crippen LogP contribution in [-0.2, 0) is 11.0 Å². The van der Waals surface area contributed by atoms with Gasteiger partial charge in [-0.2, -0.15) is 0 Å². The molecule has 0 unspecified atom stereocenters. The fraction of sp³-hybridized carbons (Fsp3) is 0.0833. The molecular formula is C12H10OP2. The van der Waals surface area contributed by atoms with Gasteiger partial charge in [0, 0.05) is 6.42 Å². The summed E-state index contributed by atoms with van der Waals surface area (Å²) in [6, 6.07) is 13.1. The van der Waals surface area contributed by atoms with Gasteiger partial charge in [-0.1, -0.05) is 44.6 Å². The van der Waals surface area contributed by atoms with Crippen LogP contribution in [0.4, 0.5) is 0 Å². The number of benzene rings is 1. The van der Waals surface area contributed by atoms with Crippen molar-refractivity contribution >= 4 is 17.3 Å². The fourth-order valence-electron chi connectivity index (χ4n) is 1.94. The van der Waals surface area contributed by atoms with Gasteiger partial charge in [0.15, 0.2) is 0 Å². The predicted octanol–water partition coefficient (Wildman–Crippen LogP) is 4.31. The zero-order valence-electron chi connectivity index (χ0n) is 8.10. The summed E-state index contributed by atoms with van der Waals surface area (Å²) in [4.78, 5) is 0. The first-order valence-electron chi connectivity index (χ1n) is 4.68. The van der Waals surface area contributed by atoms with Gasteiger partial charge in [0.1, 0.15) is 9.12 Å². The first-order chi connectivity index (χ1) is 7.45. The van der Waals surface area contributed by atoms with Crippen molar-refractivity contribution in [2.24, 2.45) is 0 Å². The van der Waals surface area contributed by atoms with Crippen LogP contribution in [0.2, 0.25) is 0 Å². The SMILES string of the molecule is O=P.c1ccc2c(c1)Cc1pcccc1-2. The highest BCUT2D eigenvalue weighted by Crippen LogP contribution is 2.39. The maximum Gasteiger partial charge on any atom is 0.138 e. The van der Waals surface area contributed by atoms with Gasteiger partial charge in [0.05, 0.1) is 0 Å². The van der Waals surface area contributed by atoms with Gasteiger partial charge in [0.25, 0.3) is 0 Å². The third-order valence-corrected chi connectivity index (χ3v) is 3.59. The Morgan fingerprint density at radius 3 is 2.60 bits per heavy atom. The van der Waals surface area contributed by atoms with Crippen molar-refractivity contribution in [3.05, 3.63) is 53.1 Å². The summed E-state index contributed by atoms with van der Waals surface area (Å²) in [5, 5.41) is 1.56. The van der Waals surface area contributed by atoms with E-state index >= 15 is 0 Å². The maximum absolute atomic E-state index is 8.06. The molecule has 74 valence electrons. The third-order valence-electron chi connectivity index (χ3n) is 2.56. The molecule has 1 aromatic heterocycles. The Kier molecular flexibility index (Phi) is 3.26. The van der Waals surface area contributed by atoms with E-state index < -0.39 is 0 Å². The summed E-state index contributed by atoms with van der Waals surface area (Å²) in [6.07, 6.45) is 1.15. The second kappa shape index (κ2) is 4.66. The average molecular weight is 232 g/mol. The molecule has 0 atom stereocenters. The van der Waals surface area contributed by atoms with E-state index in [1.807, 2.05) is 0 Å². The molecule has 15 heavy (non-hydrogen) atoms. The third kappa shape index (κ3) is 1.86. The molecule has 0 saturated carbocycles. The number of hydrogen-bond donors (Lipinski definition) is 0. The molecule has 0 bridgehead atoms. The summed E-state index contributed by atoms with van der Waals surface area (Å²) < 4.78 is 8.06. The van der Waals surface area contributed by atoms with Crippen molar-refractivity contribution in [1.29, 1.82) is 0 Å². The zero-order valence-corrected chi connectivity index (χ0v) is 10.00. The molecule has 0 spiro atoms. The molecule has 0 aliphatic heterocycles. The molecule has 0 N–H and O–H groups in total. The smallest absolute Gasteiger partial charge is 0.138 e. The lowest BCUT2D eigenvalue weighted by Crippen LogP contribution is -1.75. The summed E-state index contributed by atoms with van der Waals surface area (Å²) in [5.74, 6) is 2.21. The van der Waals surface area contributed by atoms with Crippen LogP contribution in [-0.4, -0.2) is 0 Å². The van der Waals surface area contributed by atoms with Gasteiger partial charge < -0.3 is 0 Å². The Morgan fingerprint density at radius 1 is 1.00 bits per heavy atom. The van der Waals surface area contributed by atoms with E-state index in [0.717, 1.165) is 6.42 Å². The van der Waals surface area contributed by atoms with E-state index in [4.69, 9.17) is 4.57 Å². The summed E-state index contributed by atoms with van der Waals surface area (Å²) in [7, 11) is 3.10. The van der Waals surface area contributed by atoms with Crippen LogP contribution in [0.5, 0.6) is 0 Å². The second-order valence-electron chi connectivity index (χ2n) is 3.33. The fourth-order valence-corrected chi connectivity index (χ4v) is 2.89. The highest BCUT2D eigenvalue weighted by Gasteiger charge is 2.16. The van der Waals surface area contributed by atoms with E-state index in [1.165, 1.54) is 24.9 Å². The standard InChI is InChI=1S/C12H9P.HOP/c1-2-5-10-9(4-1)8-12-11(10)6-3-7-13-12;1-2/h1-7H,8H2;2H. The topological polar surface area (TPSA) is 17.1 Å². The monoisotopic (exact) mass is 232 g/mol. The van der Waals surface area contributed by atoms with Crippen LogP contribution in [0.15, 0.2) is 42.2 Å². The minimum Gasteiger partial charge on any atom is -0.279 e. The zero-order chi connectivity index (χ0) is 10.7. The van der Waals surface area contributed by atoms with Crippen LogP contribution >= 0.6 is 17.3 Å². The molecule has 2 aromatic rings. The Balaban J connectivity index is 0.000000404. The van der Waals surface area contributed by atoms with Gasteiger partial charge in [-0.3, -0.25) is 4.57 Å². The largest absolute Gasteiger partial charge is 0.279 e. The summed E-state index contributed by atoms with van der Waals surface area (Å²) in [6.45, 7) is 0. The molecule has 1 aliphatic rings. The molecule has 3 heteroatoms. The summed E-state index contributed by atoms with van der Waals surface area (Å²) >= 11 is 0. The second-order valence-corrected chi connectivity index (χ2v) is 4.43. The van der Waals surface area contributed by atoms with Gasteiger partial charge in [-0.15, -0.1) is 0 Å². The number of fused-ring (bicyclic) bond motifs is 3. The van der Waals surface area contributed by atoms with Crippen molar-refractivity contribution < 1.29 is 4.57 Å². The minimum atomic E-state index is 1.15. The molecule has 1 heterocycles. The predicted molar refractivity (Wildman–Crippen MR) is 66.2 cm³/mol. The Labute approximate surface area is 92.9 Å². The first kappa shape index (κ1) is 10.5. The van der Waals surface area contributed by atoms with Crippen LogP contribution in [0.1, 0.15) is 10.9 Å². The Morgan fingerprint density at radius 2 is 1.73 bits per heavy atom. The van der Waals surface area contributed by atoms with Crippen molar-refractivity contribution in [3.63, 3.8) is 0 Å². The van der Waals surface area contributed by atoms with Gasteiger partial charge >= 0.3 is 0 Å². The number of rotatable bonds is 0. The molecule has 1 nitrogen and oxygen atoms in total. The normalized spacial score (nSPS) is 11.5. The van der Waals surface area contributed by atoms with Gasteiger partial charge in [0.2, 0.25) is 0 Å². The molecule has 0 amide bonds. The van der Waals surface area contributed by atoms with Crippen LogP contribution in [0.25, 0.3) is 11.1 Å². The van der Waals surface area contributed by atoms with Crippen LogP contribution < -0.4 is 0 Å². The lowest BCUT2D eigenvalue weighted by atomic mass is 10.1. The van der Waals surface area contributed by atoms with Crippen LogP contribution in [0.3, 0.4) is 0 Å². The highest BCUT2D eigenvalue weighted by atomic mass is 31.0. The molecule has 0 fully saturated rings. The molecule has 0 saturated heterocycles. The van der Waals surface area contributed by atoms with Crippen LogP contribution in [0, 0.1) is 0 Å². The lowest BCUT2D eigenvalue weighted by molar-refractivity contribution is 0.607. The van der Waals surface area contributed by atoms with E-state index in [1.54, 1.807) is 14.4 Å². The van der Waals surface area contributed by atoms with Crippen molar-refractivity contribution in [2.75, 3.05) is 0 Å². The Bertz CT molecular complexity index is 439. The summed E-state index contributed by atoms with van der Waals surface area (Å²) in [5.41, 5.74) is 4.38. The number of hydrogen-bond acceptors (Lipinski definition) is 1. The quantitative estimate of drug-likeness (QED) is 0.528. The van der Waals surface area contributed by atoms with Crippen molar-refractivity contribution in [3.8, 4) is 11.1 Å². The highest BCUT2D eigenvalue weighted by molar-refractivity contribution is 7.30. The molecular weight excluding hydrogens is 222 g/mol. The Hall–Kier alpha value is -1.03. The average Bonchev–Trinajstić information content (AvgIpc) is 2.70.